The average Bonchev–Trinajstić information content (AvgIpc) is 2.52. The van der Waals surface area contributed by atoms with Crippen molar-refractivity contribution in [3.63, 3.8) is 0 Å². The second-order valence-corrected chi connectivity index (χ2v) is 5.59. The highest BCUT2D eigenvalue weighted by Gasteiger charge is 2.12. The SMILES string of the molecule is NCc1ccccc1OCCCOCC1CCCCC1. The quantitative estimate of drug-likeness (QED) is 0.740. The molecule has 0 bridgehead atoms. The molecule has 112 valence electrons. The molecule has 1 saturated carbocycles. The van der Waals surface area contributed by atoms with Crippen LogP contribution >= 0.6 is 0 Å². The Labute approximate surface area is 122 Å². The van der Waals surface area contributed by atoms with Crippen molar-refractivity contribution in [2.24, 2.45) is 11.7 Å². The van der Waals surface area contributed by atoms with Crippen LogP contribution < -0.4 is 10.5 Å². The van der Waals surface area contributed by atoms with Crippen LogP contribution in [0.25, 0.3) is 0 Å². The van der Waals surface area contributed by atoms with Crippen LogP contribution in [-0.2, 0) is 11.3 Å². The van der Waals surface area contributed by atoms with Crippen LogP contribution in [0.4, 0.5) is 0 Å². The van der Waals surface area contributed by atoms with E-state index in [1.165, 1.54) is 32.1 Å². The average molecular weight is 277 g/mol. The van der Waals surface area contributed by atoms with E-state index in [1.54, 1.807) is 0 Å². The number of benzene rings is 1. The Morgan fingerprint density at radius 3 is 2.65 bits per heavy atom. The summed E-state index contributed by atoms with van der Waals surface area (Å²) in [6, 6.07) is 7.95. The van der Waals surface area contributed by atoms with Crippen LogP contribution in [0.1, 0.15) is 44.1 Å². The molecule has 1 aliphatic carbocycles. The summed E-state index contributed by atoms with van der Waals surface area (Å²) in [5, 5.41) is 0. The molecular weight excluding hydrogens is 250 g/mol. The van der Waals surface area contributed by atoms with E-state index in [1.807, 2.05) is 24.3 Å². The largest absolute Gasteiger partial charge is 0.493 e. The Morgan fingerprint density at radius 2 is 1.85 bits per heavy atom. The fourth-order valence-electron chi connectivity index (χ4n) is 2.76. The molecule has 20 heavy (non-hydrogen) atoms. The second kappa shape index (κ2) is 8.98. The van der Waals surface area contributed by atoms with E-state index in [-0.39, 0.29) is 0 Å². The normalized spacial score (nSPS) is 16.2. The molecule has 0 aliphatic heterocycles. The van der Waals surface area contributed by atoms with Crippen LogP contribution in [-0.4, -0.2) is 19.8 Å². The number of hydrogen-bond acceptors (Lipinski definition) is 3. The molecule has 0 aromatic heterocycles. The standard InChI is InChI=1S/C17H27NO2/c18-13-16-9-4-5-10-17(16)20-12-6-11-19-14-15-7-2-1-3-8-15/h4-5,9-10,15H,1-3,6-8,11-14,18H2. The van der Waals surface area contributed by atoms with Gasteiger partial charge >= 0.3 is 0 Å². The molecule has 3 heteroatoms. The van der Waals surface area contributed by atoms with Gasteiger partial charge in [0.1, 0.15) is 5.75 Å². The maximum atomic E-state index is 5.76. The number of ether oxygens (including phenoxy) is 2. The highest BCUT2D eigenvalue weighted by atomic mass is 16.5. The van der Waals surface area contributed by atoms with E-state index in [9.17, 15) is 0 Å². The van der Waals surface area contributed by atoms with E-state index in [2.05, 4.69) is 0 Å². The number of hydrogen-bond donors (Lipinski definition) is 1. The van der Waals surface area contributed by atoms with Gasteiger partial charge in [0.2, 0.25) is 0 Å². The lowest BCUT2D eigenvalue weighted by atomic mass is 9.90. The van der Waals surface area contributed by atoms with Crippen LogP contribution in [0.2, 0.25) is 0 Å². The molecule has 3 nitrogen and oxygen atoms in total. The van der Waals surface area contributed by atoms with Crippen LogP contribution in [0, 0.1) is 5.92 Å². The monoisotopic (exact) mass is 277 g/mol. The van der Waals surface area contributed by atoms with Crippen LogP contribution in [0.3, 0.4) is 0 Å². The van der Waals surface area contributed by atoms with E-state index in [0.717, 1.165) is 36.9 Å². The molecule has 1 aromatic carbocycles. The molecule has 0 radical (unpaired) electrons. The van der Waals surface area contributed by atoms with E-state index < -0.39 is 0 Å². The molecule has 1 aromatic rings. The Hall–Kier alpha value is -1.06. The molecule has 0 unspecified atom stereocenters. The molecule has 0 spiro atoms. The first kappa shape index (κ1) is 15.3. The van der Waals surface area contributed by atoms with Gasteiger partial charge in [-0.1, -0.05) is 37.5 Å². The fraction of sp³-hybridized carbons (Fsp3) is 0.647. The summed E-state index contributed by atoms with van der Waals surface area (Å²) in [7, 11) is 0. The molecule has 0 saturated heterocycles. The smallest absolute Gasteiger partial charge is 0.123 e. The first-order valence-corrected chi connectivity index (χ1v) is 7.88. The summed E-state index contributed by atoms with van der Waals surface area (Å²) >= 11 is 0. The van der Waals surface area contributed by atoms with Crippen molar-refractivity contribution >= 4 is 0 Å². The summed E-state index contributed by atoms with van der Waals surface area (Å²) in [4.78, 5) is 0. The van der Waals surface area contributed by atoms with Crippen LogP contribution in [0.5, 0.6) is 5.75 Å². The maximum absolute atomic E-state index is 5.76. The second-order valence-electron chi connectivity index (χ2n) is 5.59. The zero-order valence-corrected chi connectivity index (χ0v) is 12.4. The number of rotatable bonds is 8. The van der Waals surface area contributed by atoms with Gasteiger partial charge in [-0.05, 0) is 24.8 Å². The van der Waals surface area contributed by atoms with Gasteiger partial charge in [-0.2, -0.15) is 0 Å². The van der Waals surface area contributed by atoms with Crippen molar-refractivity contribution in [3.05, 3.63) is 29.8 Å². The van der Waals surface area contributed by atoms with Crippen LogP contribution in [0.15, 0.2) is 24.3 Å². The first-order valence-electron chi connectivity index (χ1n) is 7.88. The molecule has 0 amide bonds. The minimum atomic E-state index is 0.522. The van der Waals surface area contributed by atoms with Crippen molar-refractivity contribution in [1.82, 2.24) is 0 Å². The van der Waals surface area contributed by atoms with Crippen molar-refractivity contribution < 1.29 is 9.47 Å². The lowest BCUT2D eigenvalue weighted by Gasteiger charge is -2.21. The Balaban J connectivity index is 1.55. The van der Waals surface area contributed by atoms with Crippen molar-refractivity contribution in [2.75, 3.05) is 19.8 Å². The predicted octanol–water partition coefficient (Wildman–Crippen LogP) is 3.51. The molecule has 2 rings (SSSR count). The summed E-state index contributed by atoms with van der Waals surface area (Å²) in [5.41, 5.74) is 6.75. The Bertz CT molecular complexity index is 375. The van der Waals surface area contributed by atoms with E-state index in [0.29, 0.717) is 13.2 Å². The first-order chi connectivity index (χ1) is 9.90. The van der Waals surface area contributed by atoms with Gasteiger partial charge in [0.05, 0.1) is 6.61 Å². The molecule has 0 heterocycles. The Kier molecular flexibility index (Phi) is 6.89. The van der Waals surface area contributed by atoms with Gasteiger partial charge < -0.3 is 15.2 Å². The van der Waals surface area contributed by atoms with Crippen molar-refractivity contribution in [3.8, 4) is 5.75 Å². The number of para-hydroxylation sites is 1. The van der Waals surface area contributed by atoms with Gasteiger partial charge in [0.15, 0.2) is 0 Å². The highest BCUT2D eigenvalue weighted by Crippen LogP contribution is 2.23. The molecule has 1 aliphatic rings. The lowest BCUT2D eigenvalue weighted by Crippen LogP contribution is -2.14. The molecular formula is C17H27NO2. The molecule has 1 fully saturated rings. The zero-order valence-electron chi connectivity index (χ0n) is 12.4. The Morgan fingerprint density at radius 1 is 1.05 bits per heavy atom. The fourth-order valence-corrected chi connectivity index (χ4v) is 2.76. The zero-order chi connectivity index (χ0) is 14.0. The van der Waals surface area contributed by atoms with E-state index in [4.69, 9.17) is 15.2 Å². The third-order valence-corrected chi connectivity index (χ3v) is 3.96. The molecule has 2 N–H and O–H groups in total. The highest BCUT2D eigenvalue weighted by molar-refractivity contribution is 5.32. The van der Waals surface area contributed by atoms with Crippen molar-refractivity contribution in [2.45, 2.75) is 45.1 Å². The van der Waals surface area contributed by atoms with Gasteiger partial charge in [-0.3, -0.25) is 0 Å². The number of nitrogens with two attached hydrogens (primary N) is 1. The third kappa shape index (κ3) is 5.14. The summed E-state index contributed by atoms with van der Waals surface area (Å²) < 4.78 is 11.5. The third-order valence-electron chi connectivity index (χ3n) is 3.96. The van der Waals surface area contributed by atoms with Gasteiger partial charge in [-0.15, -0.1) is 0 Å². The summed E-state index contributed by atoms with van der Waals surface area (Å²) in [5.74, 6) is 1.70. The minimum absolute atomic E-state index is 0.522. The predicted molar refractivity (Wildman–Crippen MR) is 81.8 cm³/mol. The summed E-state index contributed by atoms with van der Waals surface area (Å²) in [6.07, 6.45) is 7.80. The summed E-state index contributed by atoms with van der Waals surface area (Å²) in [6.45, 7) is 2.94. The lowest BCUT2D eigenvalue weighted by molar-refractivity contribution is 0.0765. The van der Waals surface area contributed by atoms with Gasteiger partial charge in [0, 0.05) is 31.7 Å². The molecule has 0 atom stereocenters. The maximum Gasteiger partial charge on any atom is 0.123 e. The van der Waals surface area contributed by atoms with Crippen molar-refractivity contribution in [1.29, 1.82) is 0 Å². The van der Waals surface area contributed by atoms with Gasteiger partial charge in [0.25, 0.3) is 0 Å². The minimum Gasteiger partial charge on any atom is -0.493 e. The van der Waals surface area contributed by atoms with E-state index >= 15 is 0 Å². The van der Waals surface area contributed by atoms with Gasteiger partial charge in [-0.25, -0.2) is 0 Å². The topological polar surface area (TPSA) is 44.5 Å².